The van der Waals surface area contributed by atoms with E-state index in [1.165, 1.54) is 5.56 Å². The molecule has 2 aromatic rings. The number of alkyl halides is 3. The van der Waals surface area contributed by atoms with Crippen LogP contribution in [0.25, 0.3) is 0 Å². The number of hydrogen-bond acceptors (Lipinski definition) is 6. The van der Waals surface area contributed by atoms with Gasteiger partial charge in [-0.15, -0.1) is 6.58 Å². The predicted molar refractivity (Wildman–Crippen MR) is 110 cm³/mol. The minimum absolute atomic E-state index is 0.195. The summed E-state index contributed by atoms with van der Waals surface area (Å²) in [5, 5.41) is 11.4. The topological polar surface area (TPSA) is 89.7 Å². The third-order valence-electron chi connectivity index (χ3n) is 4.89. The van der Waals surface area contributed by atoms with E-state index in [4.69, 9.17) is 19.4 Å². The van der Waals surface area contributed by atoms with Gasteiger partial charge < -0.3 is 14.6 Å². The molecule has 0 aromatic carbocycles. The maximum absolute atomic E-state index is 10.6. The Hall–Kier alpha value is -2.92. The van der Waals surface area contributed by atoms with Crippen molar-refractivity contribution >= 4 is 5.97 Å². The van der Waals surface area contributed by atoms with Gasteiger partial charge in [0.2, 0.25) is 5.88 Å². The van der Waals surface area contributed by atoms with Crippen LogP contribution in [0.2, 0.25) is 0 Å². The second-order valence-corrected chi connectivity index (χ2v) is 7.19. The minimum Gasteiger partial charge on any atom is -0.481 e. The summed E-state index contributed by atoms with van der Waals surface area (Å²) in [6.45, 7) is 6.14. The van der Waals surface area contributed by atoms with E-state index in [-0.39, 0.29) is 6.10 Å². The number of likely N-dealkylation sites (tertiary alicyclic amines) is 1. The first-order chi connectivity index (χ1) is 15.2. The summed E-state index contributed by atoms with van der Waals surface area (Å²) >= 11 is 0. The maximum atomic E-state index is 10.6. The van der Waals surface area contributed by atoms with Crippen molar-refractivity contribution in [3.05, 3.63) is 54.5 Å². The van der Waals surface area contributed by atoms with Gasteiger partial charge in [0, 0.05) is 44.1 Å². The van der Waals surface area contributed by atoms with Crippen LogP contribution in [-0.2, 0) is 29.5 Å². The number of aliphatic carboxylic acids is 1. The van der Waals surface area contributed by atoms with Gasteiger partial charge in [-0.2, -0.15) is 18.3 Å². The van der Waals surface area contributed by atoms with Gasteiger partial charge in [-0.25, -0.2) is 9.78 Å². The van der Waals surface area contributed by atoms with Gasteiger partial charge in [0.15, 0.2) is 0 Å². The highest BCUT2D eigenvalue weighted by Crippen LogP contribution is 2.28. The fraction of sp³-hybridized carbons (Fsp3) is 0.476. The number of aromatic nitrogens is 3. The van der Waals surface area contributed by atoms with Crippen molar-refractivity contribution < 1.29 is 32.5 Å². The Kier molecular flexibility index (Phi) is 9.21. The molecule has 0 radical (unpaired) electrons. The van der Waals surface area contributed by atoms with Crippen LogP contribution in [-0.4, -0.2) is 69.3 Å². The first kappa shape index (κ1) is 25.3. The maximum Gasteiger partial charge on any atom is 0.490 e. The van der Waals surface area contributed by atoms with Crippen molar-refractivity contribution in [1.82, 2.24) is 19.7 Å². The Morgan fingerprint density at radius 2 is 2.16 bits per heavy atom. The van der Waals surface area contributed by atoms with Crippen LogP contribution in [0.3, 0.4) is 0 Å². The average molecular weight is 456 g/mol. The average Bonchev–Trinajstić information content (AvgIpc) is 3.33. The number of rotatable bonds is 8. The molecule has 2 atom stereocenters. The molecule has 0 amide bonds. The Bertz CT molecular complexity index is 888. The molecule has 176 valence electrons. The highest BCUT2D eigenvalue weighted by molar-refractivity contribution is 5.73. The summed E-state index contributed by atoms with van der Waals surface area (Å²) < 4.78 is 45.0. The molecule has 0 spiro atoms. The second-order valence-electron chi connectivity index (χ2n) is 7.19. The molecule has 3 rings (SSSR count). The molecule has 0 unspecified atom stereocenters. The summed E-state index contributed by atoms with van der Waals surface area (Å²) in [6, 6.07) is 4.33. The van der Waals surface area contributed by atoms with E-state index in [0.717, 1.165) is 31.5 Å². The van der Waals surface area contributed by atoms with E-state index in [0.29, 0.717) is 18.5 Å². The number of carboxylic acids is 1. The largest absolute Gasteiger partial charge is 0.490 e. The van der Waals surface area contributed by atoms with Crippen molar-refractivity contribution in [1.29, 1.82) is 0 Å². The fourth-order valence-electron chi connectivity index (χ4n) is 3.50. The summed E-state index contributed by atoms with van der Waals surface area (Å²) in [5.41, 5.74) is 2.33. The van der Waals surface area contributed by atoms with Crippen LogP contribution < -0.4 is 4.74 Å². The van der Waals surface area contributed by atoms with Gasteiger partial charge in [-0.3, -0.25) is 9.58 Å². The smallest absolute Gasteiger partial charge is 0.481 e. The fourth-order valence-corrected chi connectivity index (χ4v) is 3.50. The molecule has 0 saturated carbocycles. The molecule has 1 saturated heterocycles. The molecular formula is C21H27F3N4O4. The zero-order chi connectivity index (χ0) is 23.7. The highest BCUT2D eigenvalue weighted by atomic mass is 19.4. The lowest BCUT2D eigenvalue weighted by Crippen LogP contribution is -2.38. The number of nitrogens with zero attached hydrogens (tertiary/aromatic N) is 4. The normalized spacial score (nSPS) is 18.7. The van der Waals surface area contributed by atoms with E-state index in [1.54, 1.807) is 13.3 Å². The molecule has 0 aliphatic carbocycles. The van der Waals surface area contributed by atoms with E-state index in [2.05, 4.69) is 33.8 Å². The van der Waals surface area contributed by atoms with Crippen LogP contribution in [0.5, 0.6) is 5.88 Å². The number of halogens is 3. The third-order valence-corrected chi connectivity index (χ3v) is 4.89. The zero-order valence-electron chi connectivity index (χ0n) is 18.0. The standard InChI is InChI=1S/C19H26N4O2.C2HF3O2/c1-4-10-25-18-7-9-23(14-16-6-5-8-20-19(16)24-3)17(18)11-15-12-21-22(2)13-15;3-2(4,5)1(6)7/h4-6,8,12-13,17-18H,1,7,9-11,14H2,2-3H3;(H,6,7)/t17-,18+;/m0./s1. The Labute approximate surface area is 184 Å². The molecule has 11 heteroatoms. The van der Waals surface area contributed by atoms with Crippen LogP contribution in [0.4, 0.5) is 13.2 Å². The van der Waals surface area contributed by atoms with Gasteiger partial charge in [-0.05, 0) is 24.5 Å². The molecular weight excluding hydrogens is 429 g/mol. The van der Waals surface area contributed by atoms with Crippen molar-refractivity contribution in [2.45, 2.75) is 37.7 Å². The lowest BCUT2D eigenvalue weighted by atomic mass is 10.0. The first-order valence-electron chi connectivity index (χ1n) is 9.87. The van der Waals surface area contributed by atoms with Gasteiger partial charge in [0.1, 0.15) is 0 Å². The molecule has 1 aliphatic heterocycles. The molecule has 8 nitrogen and oxygen atoms in total. The summed E-state index contributed by atoms with van der Waals surface area (Å²) in [7, 11) is 3.61. The number of aryl methyl sites for hydroxylation is 1. The molecule has 1 fully saturated rings. The number of pyridine rings is 1. The van der Waals surface area contributed by atoms with Crippen LogP contribution in [0.15, 0.2) is 43.4 Å². The van der Waals surface area contributed by atoms with Crippen molar-refractivity contribution in [3.63, 3.8) is 0 Å². The Morgan fingerprint density at radius 1 is 1.44 bits per heavy atom. The third kappa shape index (κ3) is 7.34. The summed E-state index contributed by atoms with van der Waals surface area (Å²) in [4.78, 5) is 15.7. The number of carbonyl (C=O) groups is 1. The number of hydrogen-bond donors (Lipinski definition) is 1. The van der Waals surface area contributed by atoms with Gasteiger partial charge in [-0.1, -0.05) is 12.1 Å². The Balaban J connectivity index is 0.000000451. The monoisotopic (exact) mass is 456 g/mol. The van der Waals surface area contributed by atoms with E-state index in [9.17, 15) is 13.2 Å². The van der Waals surface area contributed by atoms with Crippen LogP contribution in [0.1, 0.15) is 17.5 Å². The van der Waals surface area contributed by atoms with Crippen LogP contribution >= 0.6 is 0 Å². The second kappa shape index (κ2) is 11.6. The van der Waals surface area contributed by atoms with Gasteiger partial charge in [0.25, 0.3) is 0 Å². The molecule has 2 aromatic heterocycles. The quantitative estimate of drug-likeness (QED) is 0.611. The summed E-state index contributed by atoms with van der Waals surface area (Å²) in [5.74, 6) is -2.06. The molecule has 32 heavy (non-hydrogen) atoms. The lowest BCUT2D eigenvalue weighted by molar-refractivity contribution is -0.192. The minimum atomic E-state index is -5.08. The highest BCUT2D eigenvalue weighted by Gasteiger charge is 2.38. The SMILES string of the molecule is C=CCO[C@@H]1CCN(Cc2cccnc2OC)[C@H]1Cc1cnn(C)c1.O=C(O)C(F)(F)F. The zero-order valence-corrected chi connectivity index (χ0v) is 18.0. The van der Waals surface area contributed by atoms with Gasteiger partial charge in [0.05, 0.1) is 26.0 Å². The number of ether oxygens (including phenoxy) is 2. The molecule has 3 heterocycles. The molecule has 1 aliphatic rings. The predicted octanol–water partition coefficient (Wildman–Crippen LogP) is 2.85. The van der Waals surface area contributed by atoms with E-state index >= 15 is 0 Å². The lowest BCUT2D eigenvalue weighted by Gasteiger charge is -2.28. The van der Waals surface area contributed by atoms with Crippen molar-refractivity contribution in [2.75, 3.05) is 20.3 Å². The van der Waals surface area contributed by atoms with Crippen molar-refractivity contribution in [2.24, 2.45) is 7.05 Å². The van der Waals surface area contributed by atoms with Crippen molar-refractivity contribution in [3.8, 4) is 5.88 Å². The number of carboxylic acid groups (broad SMARTS) is 1. The van der Waals surface area contributed by atoms with E-state index in [1.807, 2.05) is 30.1 Å². The Morgan fingerprint density at radius 3 is 2.72 bits per heavy atom. The summed E-state index contributed by atoms with van der Waals surface area (Å²) in [6.07, 6.45) is 4.63. The first-order valence-corrected chi connectivity index (χ1v) is 9.87. The van der Waals surface area contributed by atoms with Gasteiger partial charge >= 0.3 is 12.1 Å². The molecule has 1 N–H and O–H groups in total. The van der Waals surface area contributed by atoms with Crippen LogP contribution in [0, 0.1) is 0 Å². The van der Waals surface area contributed by atoms with E-state index < -0.39 is 12.1 Å². The number of methoxy groups -OCH3 is 1. The molecule has 0 bridgehead atoms.